The van der Waals surface area contributed by atoms with Crippen LogP contribution in [0, 0.1) is 6.92 Å². The van der Waals surface area contributed by atoms with Crippen molar-refractivity contribution in [2.45, 2.75) is 25.9 Å². The number of methoxy groups -OCH3 is 1. The quantitative estimate of drug-likeness (QED) is 0.653. The molecule has 126 valence electrons. The summed E-state index contributed by atoms with van der Waals surface area (Å²) in [6.07, 6.45) is 2.09. The molecule has 0 saturated heterocycles. The van der Waals surface area contributed by atoms with E-state index in [1.165, 1.54) is 16.7 Å². The first-order chi connectivity index (χ1) is 12.2. The van der Waals surface area contributed by atoms with Crippen molar-refractivity contribution in [3.05, 3.63) is 83.4 Å². The zero-order valence-electron chi connectivity index (χ0n) is 14.7. The maximum absolute atomic E-state index is 6.36. The summed E-state index contributed by atoms with van der Waals surface area (Å²) in [5.41, 5.74) is 6.18. The number of hydrogen-bond acceptors (Lipinski definition) is 2. The van der Waals surface area contributed by atoms with E-state index in [2.05, 4.69) is 61.5 Å². The molecule has 0 N–H and O–H groups in total. The van der Waals surface area contributed by atoms with Crippen molar-refractivity contribution in [2.24, 2.45) is 0 Å². The number of aryl methyl sites for hydroxylation is 1. The van der Waals surface area contributed by atoms with Crippen LogP contribution in [0.3, 0.4) is 0 Å². The number of benzene rings is 3. The van der Waals surface area contributed by atoms with Gasteiger partial charge in [-0.3, -0.25) is 0 Å². The van der Waals surface area contributed by atoms with Gasteiger partial charge in [-0.1, -0.05) is 60.2 Å². The second-order valence-electron chi connectivity index (χ2n) is 6.66. The molecule has 3 aromatic carbocycles. The fourth-order valence-corrected chi connectivity index (χ4v) is 3.46. The lowest BCUT2D eigenvalue weighted by molar-refractivity contribution is 0.234. The Hall–Kier alpha value is -2.74. The summed E-state index contributed by atoms with van der Waals surface area (Å²) >= 11 is 0. The summed E-state index contributed by atoms with van der Waals surface area (Å²) in [6, 6.07) is 23.3. The van der Waals surface area contributed by atoms with Gasteiger partial charge in [-0.05, 0) is 35.7 Å². The monoisotopic (exact) mass is 330 g/mol. The highest BCUT2D eigenvalue weighted by atomic mass is 16.5. The van der Waals surface area contributed by atoms with Crippen molar-refractivity contribution in [2.75, 3.05) is 7.11 Å². The molecule has 0 fully saturated rings. The minimum atomic E-state index is 0.199. The smallest absolute Gasteiger partial charge is 0.130 e. The van der Waals surface area contributed by atoms with Gasteiger partial charge in [-0.15, -0.1) is 0 Å². The zero-order chi connectivity index (χ0) is 17.2. The van der Waals surface area contributed by atoms with Crippen LogP contribution in [0.15, 0.2) is 66.7 Å². The van der Waals surface area contributed by atoms with Gasteiger partial charge in [0.25, 0.3) is 0 Å². The lowest BCUT2D eigenvalue weighted by Crippen LogP contribution is -2.16. The van der Waals surface area contributed by atoms with Gasteiger partial charge in [-0.25, -0.2) is 0 Å². The average molecular weight is 330 g/mol. The molecule has 2 nitrogen and oxygen atoms in total. The normalized spacial score (nSPS) is 15.5. The summed E-state index contributed by atoms with van der Waals surface area (Å²) < 4.78 is 11.7. The van der Waals surface area contributed by atoms with Crippen LogP contribution in [0.25, 0.3) is 11.1 Å². The van der Waals surface area contributed by atoms with Gasteiger partial charge >= 0.3 is 0 Å². The molecule has 0 bridgehead atoms. The van der Waals surface area contributed by atoms with E-state index in [-0.39, 0.29) is 6.10 Å². The Morgan fingerprint density at radius 2 is 1.80 bits per heavy atom. The van der Waals surface area contributed by atoms with Crippen LogP contribution >= 0.6 is 0 Å². The van der Waals surface area contributed by atoms with Gasteiger partial charge in [0, 0.05) is 18.4 Å². The Labute approximate surface area is 149 Å². The van der Waals surface area contributed by atoms with Gasteiger partial charge in [0.2, 0.25) is 0 Å². The number of fused-ring (bicyclic) bond motifs is 1. The molecule has 1 aliphatic heterocycles. The van der Waals surface area contributed by atoms with Crippen molar-refractivity contribution < 1.29 is 9.47 Å². The zero-order valence-corrected chi connectivity index (χ0v) is 14.7. The lowest BCUT2D eigenvalue weighted by Gasteiger charge is -2.13. The van der Waals surface area contributed by atoms with E-state index < -0.39 is 0 Å². The summed E-state index contributed by atoms with van der Waals surface area (Å²) in [5, 5.41) is 0. The lowest BCUT2D eigenvalue weighted by atomic mass is 9.99. The highest BCUT2D eigenvalue weighted by Gasteiger charge is 2.25. The van der Waals surface area contributed by atoms with E-state index in [9.17, 15) is 0 Å². The summed E-state index contributed by atoms with van der Waals surface area (Å²) in [6.45, 7) is 2.12. The first-order valence-electron chi connectivity index (χ1n) is 8.71. The summed E-state index contributed by atoms with van der Waals surface area (Å²) in [7, 11) is 1.70. The van der Waals surface area contributed by atoms with Crippen molar-refractivity contribution in [1.29, 1.82) is 0 Å². The van der Waals surface area contributed by atoms with Gasteiger partial charge in [0.05, 0.1) is 7.11 Å². The van der Waals surface area contributed by atoms with Crippen LogP contribution in [0.4, 0.5) is 0 Å². The molecular weight excluding hydrogens is 308 g/mol. The highest BCUT2D eigenvalue weighted by molar-refractivity contribution is 5.74. The molecule has 3 aromatic rings. The second-order valence-corrected chi connectivity index (χ2v) is 6.66. The summed E-state index contributed by atoms with van der Waals surface area (Å²) in [4.78, 5) is 0. The van der Waals surface area contributed by atoms with E-state index in [4.69, 9.17) is 9.47 Å². The van der Waals surface area contributed by atoms with E-state index in [1.807, 2.05) is 12.1 Å². The number of ether oxygens (including phenoxy) is 2. The molecular formula is C23H22O2. The Bertz CT molecular complexity index is 881. The molecule has 0 saturated carbocycles. The SMILES string of the molecule is COc1cccc(-c2cccc3c2OC(Cc2ccc(C)cc2)C3)c1. The molecule has 0 aromatic heterocycles. The predicted molar refractivity (Wildman–Crippen MR) is 101 cm³/mol. The number of hydrogen-bond donors (Lipinski definition) is 0. The predicted octanol–water partition coefficient (Wildman–Crippen LogP) is 5.22. The maximum atomic E-state index is 6.36. The van der Waals surface area contributed by atoms with Crippen LogP contribution in [-0.4, -0.2) is 13.2 Å². The Kier molecular flexibility index (Phi) is 4.19. The molecule has 1 heterocycles. The first-order valence-corrected chi connectivity index (χ1v) is 8.71. The minimum Gasteiger partial charge on any atom is -0.497 e. The molecule has 1 atom stereocenters. The Balaban J connectivity index is 1.60. The van der Waals surface area contributed by atoms with Crippen molar-refractivity contribution in [3.63, 3.8) is 0 Å². The topological polar surface area (TPSA) is 18.5 Å². The van der Waals surface area contributed by atoms with Crippen LogP contribution in [0.2, 0.25) is 0 Å². The van der Waals surface area contributed by atoms with Gasteiger partial charge in [0.15, 0.2) is 0 Å². The molecule has 0 amide bonds. The minimum absolute atomic E-state index is 0.199. The standard InChI is InChI=1S/C23H22O2/c1-16-9-11-17(12-10-16)13-21-15-19-6-4-8-22(23(19)25-21)18-5-3-7-20(14-18)24-2/h3-12,14,21H,13,15H2,1-2H3. The van der Waals surface area contributed by atoms with Crippen molar-refractivity contribution in [3.8, 4) is 22.6 Å². The fourth-order valence-electron chi connectivity index (χ4n) is 3.46. The van der Waals surface area contributed by atoms with E-state index in [0.717, 1.165) is 35.5 Å². The molecule has 0 radical (unpaired) electrons. The third kappa shape index (κ3) is 3.25. The van der Waals surface area contributed by atoms with Crippen LogP contribution in [0.1, 0.15) is 16.7 Å². The van der Waals surface area contributed by atoms with E-state index in [0.29, 0.717) is 0 Å². The van der Waals surface area contributed by atoms with Crippen LogP contribution in [-0.2, 0) is 12.8 Å². The van der Waals surface area contributed by atoms with Crippen LogP contribution < -0.4 is 9.47 Å². The first kappa shape index (κ1) is 15.8. The molecule has 2 heteroatoms. The maximum Gasteiger partial charge on any atom is 0.130 e. The average Bonchev–Trinajstić information content (AvgIpc) is 3.06. The Morgan fingerprint density at radius 1 is 1.00 bits per heavy atom. The van der Waals surface area contributed by atoms with Gasteiger partial charge in [-0.2, -0.15) is 0 Å². The van der Waals surface area contributed by atoms with E-state index >= 15 is 0 Å². The summed E-state index contributed by atoms with van der Waals surface area (Å²) in [5.74, 6) is 1.89. The third-order valence-electron chi connectivity index (χ3n) is 4.79. The molecule has 1 unspecified atom stereocenters. The van der Waals surface area contributed by atoms with Crippen LogP contribution in [0.5, 0.6) is 11.5 Å². The second kappa shape index (κ2) is 6.64. The molecule has 0 spiro atoms. The van der Waals surface area contributed by atoms with E-state index in [1.54, 1.807) is 7.11 Å². The van der Waals surface area contributed by atoms with Gasteiger partial charge < -0.3 is 9.47 Å². The number of para-hydroxylation sites is 1. The molecule has 25 heavy (non-hydrogen) atoms. The largest absolute Gasteiger partial charge is 0.497 e. The van der Waals surface area contributed by atoms with Gasteiger partial charge in [0.1, 0.15) is 17.6 Å². The highest BCUT2D eigenvalue weighted by Crippen LogP contribution is 2.40. The fraction of sp³-hybridized carbons (Fsp3) is 0.217. The molecule has 4 rings (SSSR count). The van der Waals surface area contributed by atoms with Crippen molar-refractivity contribution >= 4 is 0 Å². The molecule has 1 aliphatic rings. The molecule has 0 aliphatic carbocycles. The third-order valence-corrected chi connectivity index (χ3v) is 4.79. The number of rotatable bonds is 4. The van der Waals surface area contributed by atoms with Crippen molar-refractivity contribution in [1.82, 2.24) is 0 Å². The Morgan fingerprint density at radius 3 is 2.60 bits per heavy atom.